The predicted octanol–water partition coefficient (Wildman–Crippen LogP) is 4.63. The van der Waals surface area contributed by atoms with Crippen molar-refractivity contribution >= 4 is 49.8 Å². The number of pyridine rings is 2. The Kier molecular flexibility index (Phi) is 6.14. The fraction of sp³-hybridized carbons (Fsp3) is 0.160. The predicted molar refractivity (Wildman–Crippen MR) is 136 cm³/mol. The van der Waals surface area contributed by atoms with E-state index in [9.17, 15) is 13.2 Å². The number of hydrogen-bond donors (Lipinski definition) is 1. The van der Waals surface area contributed by atoms with Gasteiger partial charge in [-0.1, -0.05) is 17.7 Å². The Morgan fingerprint density at radius 3 is 2.74 bits per heavy atom. The molecule has 0 saturated carbocycles. The van der Waals surface area contributed by atoms with Crippen LogP contribution in [0.4, 0.5) is 11.4 Å². The van der Waals surface area contributed by atoms with Crippen LogP contribution in [0.25, 0.3) is 22.2 Å². The van der Waals surface area contributed by atoms with E-state index < -0.39 is 15.9 Å². The number of sulfonamides is 1. The van der Waals surface area contributed by atoms with Gasteiger partial charge in [-0.3, -0.25) is 19.1 Å². The van der Waals surface area contributed by atoms with Gasteiger partial charge in [-0.25, -0.2) is 8.42 Å². The Labute approximate surface area is 207 Å². The van der Waals surface area contributed by atoms with Crippen molar-refractivity contribution in [2.75, 3.05) is 28.7 Å². The first-order chi connectivity index (χ1) is 16.8. The number of amides is 1. The molecular formula is C25H21ClN4O4S. The average Bonchev–Trinajstić information content (AvgIpc) is 2.84. The second-order valence-electron chi connectivity index (χ2n) is 8.09. The molecule has 0 atom stereocenters. The van der Waals surface area contributed by atoms with Crippen molar-refractivity contribution < 1.29 is 17.9 Å². The van der Waals surface area contributed by atoms with Crippen LogP contribution in [-0.4, -0.2) is 43.4 Å². The number of anilines is 2. The lowest BCUT2D eigenvalue weighted by Crippen LogP contribution is -2.41. The first kappa shape index (κ1) is 23.2. The quantitative estimate of drug-likeness (QED) is 0.431. The molecule has 0 aliphatic carbocycles. The molecule has 0 spiro atoms. The lowest BCUT2D eigenvalue weighted by atomic mass is 10.0. The van der Waals surface area contributed by atoms with Crippen LogP contribution in [0.2, 0.25) is 5.02 Å². The van der Waals surface area contributed by atoms with Gasteiger partial charge >= 0.3 is 0 Å². The third kappa shape index (κ3) is 4.58. The van der Waals surface area contributed by atoms with E-state index in [-0.39, 0.29) is 29.7 Å². The molecule has 1 saturated heterocycles. The Morgan fingerprint density at radius 1 is 1.09 bits per heavy atom. The number of carbonyl (C=O) groups is 1. The largest absolute Gasteiger partial charge is 0.362 e. The number of nitrogens with one attached hydrogen (secondary N) is 1. The minimum Gasteiger partial charge on any atom is -0.362 e. The number of ether oxygens (including phenoxy) is 1. The molecule has 178 valence electrons. The van der Waals surface area contributed by atoms with E-state index in [4.69, 9.17) is 16.3 Å². The number of benzene rings is 2. The summed E-state index contributed by atoms with van der Waals surface area (Å²) in [4.78, 5) is 22.0. The van der Waals surface area contributed by atoms with Gasteiger partial charge in [-0.05, 0) is 61.0 Å². The molecule has 10 heteroatoms. The van der Waals surface area contributed by atoms with Crippen LogP contribution in [0.1, 0.15) is 15.9 Å². The number of hydrogen-bond acceptors (Lipinski definition) is 6. The normalized spacial score (nSPS) is 15.2. The maximum absolute atomic E-state index is 13.0. The molecule has 1 N–H and O–H groups in total. The summed E-state index contributed by atoms with van der Waals surface area (Å²) in [5.41, 5.74) is 4.69. The molecule has 1 amide bonds. The minimum atomic E-state index is -3.58. The van der Waals surface area contributed by atoms with E-state index in [1.54, 1.807) is 18.5 Å². The summed E-state index contributed by atoms with van der Waals surface area (Å²) in [6.07, 6.45) is 3.45. The molecule has 2 aromatic carbocycles. The lowest BCUT2D eigenvalue weighted by Gasteiger charge is -2.28. The van der Waals surface area contributed by atoms with Crippen LogP contribution >= 0.6 is 11.6 Å². The van der Waals surface area contributed by atoms with Crippen LogP contribution in [0.3, 0.4) is 0 Å². The fourth-order valence-corrected chi connectivity index (χ4v) is 5.52. The summed E-state index contributed by atoms with van der Waals surface area (Å²) >= 11 is 6.39. The van der Waals surface area contributed by atoms with Crippen molar-refractivity contribution in [3.05, 3.63) is 83.1 Å². The summed E-state index contributed by atoms with van der Waals surface area (Å²) in [7, 11) is -3.58. The zero-order valence-corrected chi connectivity index (χ0v) is 20.3. The Hall–Kier alpha value is -3.53. The van der Waals surface area contributed by atoms with Crippen LogP contribution in [0.15, 0.2) is 67.0 Å². The summed E-state index contributed by atoms with van der Waals surface area (Å²) < 4.78 is 30.8. The van der Waals surface area contributed by atoms with E-state index in [0.717, 1.165) is 27.7 Å². The second kappa shape index (κ2) is 9.26. The molecular weight excluding hydrogens is 488 g/mol. The van der Waals surface area contributed by atoms with Crippen LogP contribution in [0, 0.1) is 6.92 Å². The number of fused-ring (bicyclic) bond motifs is 1. The summed E-state index contributed by atoms with van der Waals surface area (Å²) in [6, 6.07) is 15.8. The first-order valence-corrected chi connectivity index (χ1v) is 12.8. The number of aromatic nitrogens is 2. The highest BCUT2D eigenvalue weighted by Gasteiger charge is 2.27. The number of aryl methyl sites for hydroxylation is 1. The van der Waals surface area contributed by atoms with Crippen molar-refractivity contribution in [2.45, 2.75) is 6.92 Å². The van der Waals surface area contributed by atoms with Crippen LogP contribution in [0.5, 0.6) is 0 Å². The SMILES string of the molecule is Cc1ccc(NC(=O)c2ccc(N3CCOCS3(=O)=O)cc2Cl)cc1-c1nccc2ncccc12. The topological polar surface area (TPSA) is 101 Å². The molecule has 1 aliphatic rings. The van der Waals surface area contributed by atoms with Crippen LogP contribution < -0.4 is 9.62 Å². The number of nitrogens with zero attached hydrogens (tertiary/aromatic N) is 3. The monoisotopic (exact) mass is 508 g/mol. The molecule has 8 nitrogen and oxygen atoms in total. The average molecular weight is 509 g/mol. The maximum Gasteiger partial charge on any atom is 0.259 e. The molecule has 0 unspecified atom stereocenters. The molecule has 1 fully saturated rings. The van der Waals surface area contributed by atoms with Gasteiger partial charge in [0.15, 0.2) is 5.94 Å². The smallest absolute Gasteiger partial charge is 0.259 e. The highest BCUT2D eigenvalue weighted by Crippen LogP contribution is 2.31. The molecule has 35 heavy (non-hydrogen) atoms. The van der Waals surface area contributed by atoms with E-state index >= 15 is 0 Å². The van der Waals surface area contributed by atoms with Crippen molar-refractivity contribution in [1.82, 2.24) is 9.97 Å². The number of carbonyl (C=O) groups excluding carboxylic acids is 1. The van der Waals surface area contributed by atoms with Crippen molar-refractivity contribution in [3.8, 4) is 11.3 Å². The maximum atomic E-state index is 13.0. The molecule has 3 heterocycles. The van der Waals surface area contributed by atoms with E-state index in [1.165, 1.54) is 16.4 Å². The van der Waals surface area contributed by atoms with Gasteiger partial charge in [0.1, 0.15) is 0 Å². The summed E-state index contributed by atoms with van der Waals surface area (Å²) in [6.45, 7) is 2.46. The fourth-order valence-electron chi connectivity index (χ4n) is 4.02. The van der Waals surface area contributed by atoms with Gasteiger partial charge in [0.2, 0.25) is 0 Å². The molecule has 0 bridgehead atoms. The third-order valence-corrected chi connectivity index (χ3v) is 7.61. The van der Waals surface area contributed by atoms with Gasteiger partial charge in [0.25, 0.3) is 15.9 Å². The molecule has 1 aliphatic heterocycles. The van der Waals surface area contributed by atoms with Crippen molar-refractivity contribution in [2.24, 2.45) is 0 Å². The summed E-state index contributed by atoms with van der Waals surface area (Å²) in [5, 5.41) is 3.95. The Bertz CT molecular complexity index is 1550. The Balaban J connectivity index is 1.43. The first-order valence-electron chi connectivity index (χ1n) is 10.8. The molecule has 2 aromatic heterocycles. The second-order valence-corrected chi connectivity index (χ2v) is 10.3. The van der Waals surface area contributed by atoms with Crippen LogP contribution in [-0.2, 0) is 14.8 Å². The molecule has 5 rings (SSSR count). The Morgan fingerprint density at radius 2 is 1.94 bits per heavy atom. The van der Waals surface area contributed by atoms with Gasteiger partial charge in [0, 0.05) is 29.0 Å². The van der Waals surface area contributed by atoms with E-state index in [0.29, 0.717) is 11.4 Å². The zero-order chi connectivity index (χ0) is 24.6. The van der Waals surface area contributed by atoms with Gasteiger partial charge in [0.05, 0.1) is 40.6 Å². The van der Waals surface area contributed by atoms with Gasteiger partial charge < -0.3 is 10.1 Å². The van der Waals surface area contributed by atoms with Crippen molar-refractivity contribution in [1.29, 1.82) is 0 Å². The van der Waals surface area contributed by atoms with E-state index in [2.05, 4.69) is 15.3 Å². The highest BCUT2D eigenvalue weighted by atomic mass is 35.5. The standard InChI is InChI=1S/C25H21ClN4O4S/c1-16-4-5-17(13-21(16)24-20-3-2-9-27-23(20)8-10-28-24)29-25(31)19-7-6-18(14-22(19)26)30-11-12-34-15-35(30,32)33/h2-10,13-14H,11-12,15H2,1H3,(H,29,31). The van der Waals surface area contributed by atoms with Gasteiger partial charge in [-0.15, -0.1) is 0 Å². The number of rotatable bonds is 4. The minimum absolute atomic E-state index is 0.149. The third-order valence-electron chi connectivity index (χ3n) is 5.77. The lowest BCUT2D eigenvalue weighted by molar-refractivity contribution is 0.102. The van der Waals surface area contributed by atoms with E-state index in [1.807, 2.05) is 43.3 Å². The van der Waals surface area contributed by atoms with Gasteiger partial charge in [-0.2, -0.15) is 0 Å². The van der Waals surface area contributed by atoms with Crippen molar-refractivity contribution in [3.63, 3.8) is 0 Å². The summed E-state index contributed by atoms with van der Waals surface area (Å²) in [5.74, 6) is -0.793. The number of halogens is 1. The molecule has 0 radical (unpaired) electrons. The highest BCUT2D eigenvalue weighted by molar-refractivity contribution is 7.92. The zero-order valence-electron chi connectivity index (χ0n) is 18.7. The molecule has 4 aromatic rings.